The molecule has 1 amide bonds. The summed E-state index contributed by atoms with van der Waals surface area (Å²) < 4.78 is 27.2. The Labute approximate surface area is 148 Å². The normalized spacial score (nSPS) is 16.4. The van der Waals surface area contributed by atoms with Crippen LogP contribution in [0, 0.1) is 0 Å². The van der Waals surface area contributed by atoms with Gasteiger partial charge in [0.1, 0.15) is 6.04 Å². The Hall–Kier alpha value is -2.12. The van der Waals surface area contributed by atoms with Crippen molar-refractivity contribution in [3.63, 3.8) is 0 Å². The van der Waals surface area contributed by atoms with Crippen LogP contribution in [0.4, 0.5) is 5.69 Å². The lowest BCUT2D eigenvalue weighted by Crippen LogP contribution is -2.47. The van der Waals surface area contributed by atoms with Crippen LogP contribution >= 0.6 is 0 Å². The number of benzene rings is 2. The van der Waals surface area contributed by atoms with E-state index in [4.69, 9.17) is 0 Å². The van der Waals surface area contributed by atoms with Gasteiger partial charge in [0.2, 0.25) is 5.91 Å². The smallest absolute Gasteiger partial charge is 0.265 e. The van der Waals surface area contributed by atoms with Crippen LogP contribution in [0.3, 0.4) is 0 Å². The summed E-state index contributed by atoms with van der Waals surface area (Å²) >= 11 is 0. The Kier molecular flexibility index (Phi) is 4.71. The van der Waals surface area contributed by atoms with Crippen molar-refractivity contribution in [2.24, 2.45) is 0 Å². The summed E-state index contributed by atoms with van der Waals surface area (Å²) in [7, 11) is 0.220. The molecule has 0 saturated heterocycles. The van der Waals surface area contributed by atoms with Gasteiger partial charge in [0, 0.05) is 11.9 Å². The van der Waals surface area contributed by atoms with Gasteiger partial charge in [-0.15, -0.1) is 0 Å². The maximum atomic E-state index is 13.0. The Morgan fingerprint density at radius 1 is 1.20 bits per heavy atom. The highest BCUT2D eigenvalue weighted by atomic mass is 32.2. The molecule has 0 unspecified atom stereocenters. The molecular formula is C18H23N3O3S. The first-order valence-electron chi connectivity index (χ1n) is 8.32. The Morgan fingerprint density at radius 3 is 2.56 bits per heavy atom. The molecule has 2 aromatic rings. The van der Waals surface area contributed by atoms with Crippen LogP contribution in [0.2, 0.25) is 0 Å². The second-order valence-electron chi connectivity index (χ2n) is 6.56. The first-order chi connectivity index (χ1) is 11.8. The van der Waals surface area contributed by atoms with E-state index >= 15 is 0 Å². The monoisotopic (exact) mass is 361 g/mol. The van der Waals surface area contributed by atoms with Crippen LogP contribution in [-0.2, 0) is 14.8 Å². The second kappa shape index (κ2) is 6.65. The van der Waals surface area contributed by atoms with E-state index in [0.29, 0.717) is 17.6 Å². The van der Waals surface area contributed by atoms with Crippen molar-refractivity contribution in [1.82, 2.24) is 10.2 Å². The molecule has 0 aliphatic carbocycles. The maximum absolute atomic E-state index is 13.0. The van der Waals surface area contributed by atoms with Gasteiger partial charge in [-0.05, 0) is 51.5 Å². The van der Waals surface area contributed by atoms with Gasteiger partial charge in [-0.2, -0.15) is 0 Å². The van der Waals surface area contributed by atoms with Crippen molar-refractivity contribution in [3.8, 4) is 0 Å². The van der Waals surface area contributed by atoms with Crippen LogP contribution in [-0.4, -0.2) is 52.5 Å². The molecule has 1 aliphatic heterocycles. The molecular weight excluding hydrogens is 338 g/mol. The molecule has 0 spiro atoms. The van der Waals surface area contributed by atoms with Gasteiger partial charge >= 0.3 is 0 Å². The van der Waals surface area contributed by atoms with Gasteiger partial charge in [-0.1, -0.05) is 24.3 Å². The molecule has 7 heteroatoms. The summed E-state index contributed by atoms with van der Waals surface area (Å²) in [5.41, 5.74) is 0.573. The Balaban J connectivity index is 1.86. The van der Waals surface area contributed by atoms with E-state index in [-0.39, 0.29) is 10.8 Å². The maximum Gasteiger partial charge on any atom is 0.265 e. The highest BCUT2D eigenvalue weighted by Gasteiger charge is 2.40. The van der Waals surface area contributed by atoms with Gasteiger partial charge in [-0.25, -0.2) is 8.42 Å². The van der Waals surface area contributed by atoms with Gasteiger partial charge in [-0.3, -0.25) is 9.10 Å². The number of hydrogen-bond acceptors (Lipinski definition) is 4. The fourth-order valence-corrected chi connectivity index (χ4v) is 5.07. The molecule has 3 rings (SSSR count). The third kappa shape index (κ3) is 3.09. The molecule has 1 aliphatic rings. The molecule has 0 fully saturated rings. The number of carbonyl (C=O) groups excluding carboxylic acids is 1. The number of nitrogens with zero attached hydrogens (tertiary/aromatic N) is 2. The molecule has 1 N–H and O–H groups in total. The number of amides is 1. The Bertz CT molecular complexity index is 904. The highest BCUT2D eigenvalue weighted by molar-refractivity contribution is 7.93. The molecule has 134 valence electrons. The van der Waals surface area contributed by atoms with E-state index in [1.54, 1.807) is 25.1 Å². The van der Waals surface area contributed by atoms with Crippen LogP contribution in [0.1, 0.15) is 13.3 Å². The predicted octanol–water partition coefficient (Wildman–Crippen LogP) is 1.80. The fraction of sp³-hybridized carbons (Fsp3) is 0.389. The SMILES string of the molecule is C[C@H](C(=O)NCCCN(C)C)N1c2cccc3cccc(c23)S1(=O)=O. The molecule has 0 aromatic heterocycles. The number of hydrogen-bond donors (Lipinski definition) is 1. The molecule has 1 heterocycles. The molecule has 0 radical (unpaired) electrons. The van der Waals surface area contributed by atoms with Gasteiger partial charge < -0.3 is 10.2 Å². The van der Waals surface area contributed by atoms with Crippen molar-refractivity contribution in [3.05, 3.63) is 36.4 Å². The van der Waals surface area contributed by atoms with Crippen LogP contribution in [0.25, 0.3) is 10.8 Å². The average molecular weight is 361 g/mol. The minimum Gasteiger partial charge on any atom is -0.354 e. The molecule has 0 saturated carbocycles. The molecule has 1 atom stereocenters. The van der Waals surface area contributed by atoms with E-state index in [1.165, 1.54) is 4.31 Å². The van der Waals surface area contributed by atoms with E-state index in [2.05, 4.69) is 5.32 Å². The molecule has 6 nitrogen and oxygen atoms in total. The zero-order chi connectivity index (χ0) is 18.2. The van der Waals surface area contributed by atoms with Crippen molar-refractivity contribution in [2.45, 2.75) is 24.3 Å². The third-order valence-electron chi connectivity index (χ3n) is 4.43. The first-order valence-corrected chi connectivity index (χ1v) is 9.76. The van der Waals surface area contributed by atoms with Crippen molar-refractivity contribution in [2.75, 3.05) is 31.5 Å². The lowest BCUT2D eigenvalue weighted by atomic mass is 10.1. The van der Waals surface area contributed by atoms with E-state index in [0.717, 1.165) is 18.4 Å². The van der Waals surface area contributed by atoms with E-state index < -0.39 is 16.1 Å². The zero-order valence-corrected chi connectivity index (χ0v) is 15.5. The van der Waals surface area contributed by atoms with Gasteiger partial charge in [0.15, 0.2) is 0 Å². The highest BCUT2D eigenvalue weighted by Crippen LogP contribution is 2.43. The molecule has 0 bridgehead atoms. The summed E-state index contributed by atoms with van der Waals surface area (Å²) in [6.07, 6.45) is 0.814. The molecule has 25 heavy (non-hydrogen) atoms. The van der Waals surface area contributed by atoms with Crippen molar-refractivity contribution in [1.29, 1.82) is 0 Å². The van der Waals surface area contributed by atoms with E-state index in [9.17, 15) is 13.2 Å². The fourth-order valence-electron chi connectivity index (χ4n) is 3.20. The van der Waals surface area contributed by atoms with Crippen molar-refractivity contribution < 1.29 is 13.2 Å². The first kappa shape index (κ1) is 17.7. The van der Waals surface area contributed by atoms with Gasteiger partial charge in [0.05, 0.1) is 10.6 Å². The average Bonchev–Trinajstić information content (AvgIpc) is 2.80. The van der Waals surface area contributed by atoms with Gasteiger partial charge in [0.25, 0.3) is 10.0 Å². The number of nitrogens with one attached hydrogen (secondary N) is 1. The van der Waals surface area contributed by atoms with Crippen LogP contribution < -0.4 is 9.62 Å². The summed E-state index contributed by atoms with van der Waals surface area (Å²) in [6, 6.07) is 9.86. The van der Waals surface area contributed by atoms with Crippen molar-refractivity contribution >= 4 is 32.4 Å². The number of sulfonamides is 1. The Morgan fingerprint density at radius 2 is 1.88 bits per heavy atom. The standard InChI is InChI=1S/C18H23N3O3S/c1-13(18(22)19-11-6-12-20(2)3)21-15-9-4-7-14-8-5-10-16(17(14)15)25(21,23)24/h4-5,7-10,13H,6,11-12H2,1-3H3,(H,19,22)/t13-/m1/s1. The molecule has 2 aromatic carbocycles. The summed E-state index contributed by atoms with van der Waals surface area (Å²) in [4.78, 5) is 14.8. The minimum atomic E-state index is -3.72. The lowest BCUT2D eigenvalue weighted by Gasteiger charge is -2.25. The minimum absolute atomic E-state index is 0.271. The number of rotatable bonds is 6. The van der Waals surface area contributed by atoms with Crippen LogP contribution in [0.5, 0.6) is 0 Å². The largest absolute Gasteiger partial charge is 0.354 e. The quantitative estimate of drug-likeness (QED) is 0.797. The van der Waals surface area contributed by atoms with E-state index in [1.807, 2.05) is 37.2 Å². The third-order valence-corrected chi connectivity index (χ3v) is 6.36. The topological polar surface area (TPSA) is 69.7 Å². The second-order valence-corrected chi connectivity index (χ2v) is 8.34. The van der Waals surface area contributed by atoms with Crippen LogP contribution in [0.15, 0.2) is 41.3 Å². The summed E-state index contributed by atoms with van der Waals surface area (Å²) in [6.45, 7) is 3.01. The lowest BCUT2D eigenvalue weighted by molar-refractivity contribution is -0.121. The zero-order valence-electron chi connectivity index (χ0n) is 14.7. The number of carbonyl (C=O) groups is 1. The summed E-state index contributed by atoms with van der Waals surface area (Å²) in [5.74, 6) is -0.285. The summed E-state index contributed by atoms with van der Waals surface area (Å²) in [5, 5.41) is 4.39. The number of anilines is 1. The predicted molar refractivity (Wildman–Crippen MR) is 99.3 cm³/mol.